The Labute approximate surface area is 209 Å². The molecule has 1 aromatic rings. The summed E-state index contributed by atoms with van der Waals surface area (Å²) in [6.45, 7) is 5.71. The average molecular weight is 498 g/mol. The predicted molar refractivity (Wildman–Crippen MR) is 137 cm³/mol. The van der Waals surface area contributed by atoms with Gasteiger partial charge in [0, 0.05) is 46.4 Å². The standard InChI is InChI=1S/C24H31N7OS2/c1-22(3-4-22)30-34-17-2-9-28-29-13-18(20(26)33-21(27)24(14-25)5-6-24)19(12-17)31-10-7-23(8-11-31)15-32-16-23/h2,9,12-13,26-28,30H,3-8,10-11,15-16H2,1H3. The molecule has 180 valence electrons. The van der Waals surface area contributed by atoms with Gasteiger partial charge >= 0.3 is 0 Å². The summed E-state index contributed by atoms with van der Waals surface area (Å²) >= 11 is 2.70. The first kappa shape index (κ1) is 23.7. The molecular formula is C24H31N7OS2. The van der Waals surface area contributed by atoms with Gasteiger partial charge in [-0.2, -0.15) is 10.4 Å². The molecule has 8 nitrogen and oxygen atoms in total. The van der Waals surface area contributed by atoms with Crippen molar-refractivity contribution >= 4 is 39.5 Å². The van der Waals surface area contributed by atoms with E-state index in [1.54, 1.807) is 24.3 Å². The van der Waals surface area contributed by atoms with Crippen LogP contribution in [0.4, 0.5) is 5.69 Å². The SMILES string of the molecule is CC1(NSc2cc[nH]ncc(C(=N)SC(=N)C3(C#N)CC3)c(N3CCC4(CC3)COC4)c2)CC1. The van der Waals surface area contributed by atoms with E-state index in [0.29, 0.717) is 23.8 Å². The van der Waals surface area contributed by atoms with Gasteiger partial charge in [0.05, 0.1) is 30.5 Å². The number of aromatic amines is 1. The van der Waals surface area contributed by atoms with E-state index in [1.807, 2.05) is 6.07 Å². The van der Waals surface area contributed by atoms with E-state index >= 15 is 0 Å². The zero-order valence-corrected chi connectivity index (χ0v) is 21.1. The number of H-pyrrole nitrogens is 1. The molecule has 2 aliphatic carbocycles. The van der Waals surface area contributed by atoms with Gasteiger partial charge in [-0.15, -0.1) is 0 Å². The summed E-state index contributed by atoms with van der Waals surface area (Å²) < 4.78 is 9.09. The monoisotopic (exact) mass is 497 g/mol. The van der Waals surface area contributed by atoms with Gasteiger partial charge in [0.1, 0.15) is 10.5 Å². The fourth-order valence-corrected chi connectivity index (χ4v) is 6.02. The molecule has 0 atom stereocenters. The Kier molecular flexibility index (Phi) is 6.40. The second kappa shape index (κ2) is 9.19. The highest BCUT2D eigenvalue weighted by atomic mass is 32.2. The van der Waals surface area contributed by atoms with Crippen LogP contribution in [-0.4, -0.2) is 52.1 Å². The summed E-state index contributed by atoms with van der Waals surface area (Å²) in [6.07, 6.45) is 9.37. The highest BCUT2D eigenvalue weighted by molar-refractivity contribution is 8.27. The van der Waals surface area contributed by atoms with Gasteiger partial charge in [-0.1, -0.05) is 11.8 Å². The number of thioether (sulfide) groups is 1. The molecule has 0 radical (unpaired) electrons. The zero-order valence-electron chi connectivity index (χ0n) is 19.4. The molecule has 1 aromatic heterocycles. The van der Waals surface area contributed by atoms with Gasteiger partial charge in [0.2, 0.25) is 0 Å². The minimum absolute atomic E-state index is 0.184. The molecule has 4 aliphatic rings. The molecular weight excluding hydrogens is 466 g/mol. The van der Waals surface area contributed by atoms with Crippen molar-refractivity contribution in [3.05, 3.63) is 30.1 Å². The molecule has 1 spiro atoms. The van der Waals surface area contributed by atoms with Crippen LogP contribution in [0.2, 0.25) is 0 Å². The van der Waals surface area contributed by atoms with Gasteiger partial charge in [0.25, 0.3) is 0 Å². The molecule has 10 heteroatoms. The van der Waals surface area contributed by atoms with E-state index in [4.69, 9.17) is 15.6 Å². The lowest BCUT2D eigenvalue weighted by Crippen LogP contribution is -2.51. The molecule has 34 heavy (non-hydrogen) atoms. The summed E-state index contributed by atoms with van der Waals surface area (Å²) in [5.74, 6) is 0. The lowest BCUT2D eigenvalue weighted by molar-refractivity contribution is -0.124. The number of nitrogens with one attached hydrogen (secondary N) is 4. The normalized spacial score (nSPS) is 22.8. The van der Waals surface area contributed by atoms with Gasteiger partial charge in [-0.05, 0) is 69.5 Å². The predicted octanol–water partition coefficient (Wildman–Crippen LogP) is 4.64. The lowest BCUT2D eigenvalue weighted by atomic mass is 9.76. The Hall–Kier alpha value is -2.06. The van der Waals surface area contributed by atoms with Crippen molar-refractivity contribution in [2.75, 3.05) is 31.2 Å². The van der Waals surface area contributed by atoms with Crippen LogP contribution in [0.3, 0.4) is 0 Å². The number of nitrogens with zero attached hydrogens (tertiary/aromatic N) is 3. The molecule has 4 N–H and O–H groups in total. The van der Waals surface area contributed by atoms with Crippen LogP contribution < -0.4 is 9.62 Å². The maximum Gasteiger partial charge on any atom is 0.105 e. The Morgan fingerprint density at radius 2 is 1.94 bits per heavy atom. The highest BCUT2D eigenvalue weighted by Gasteiger charge is 2.48. The number of hydrogen-bond acceptors (Lipinski definition) is 9. The van der Waals surface area contributed by atoms with Gasteiger partial charge in [0.15, 0.2) is 0 Å². The van der Waals surface area contributed by atoms with Crippen LogP contribution in [0, 0.1) is 33.0 Å². The topological polar surface area (TPSA) is 125 Å². The van der Waals surface area contributed by atoms with Crippen LogP contribution in [0.15, 0.2) is 29.4 Å². The van der Waals surface area contributed by atoms with Crippen molar-refractivity contribution < 1.29 is 4.74 Å². The molecule has 4 fully saturated rings. The van der Waals surface area contributed by atoms with E-state index in [0.717, 1.165) is 61.5 Å². The Bertz CT molecular complexity index is 1070. The Morgan fingerprint density at radius 1 is 1.21 bits per heavy atom. The molecule has 2 aliphatic heterocycles. The van der Waals surface area contributed by atoms with Gasteiger partial charge < -0.3 is 9.64 Å². The quantitative estimate of drug-likeness (QED) is 0.256. The summed E-state index contributed by atoms with van der Waals surface area (Å²) in [5, 5.41) is 34.7. The van der Waals surface area contributed by atoms with Crippen molar-refractivity contribution in [1.82, 2.24) is 14.9 Å². The Morgan fingerprint density at radius 3 is 2.53 bits per heavy atom. The number of anilines is 1. The molecule has 5 rings (SSSR count). The van der Waals surface area contributed by atoms with Crippen LogP contribution in [0.5, 0.6) is 0 Å². The molecule has 2 saturated carbocycles. The zero-order chi connectivity index (χ0) is 23.8. The number of hydrogen-bond donors (Lipinski definition) is 4. The van der Waals surface area contributed by atoms with Crippen LogP contribution in [0.25, 0.3) is 0 Å². The Balaban J connectivity index is 1.47. The minimum atomic E-state index is -0.699. The van der Waals surface area contributed by atoms with Crippen molar-refractivity contribution in [2.24, 2.45) is 10.8 Å². The third-order valence-corrected chi connectivity index (χ3v) is 9.49. The number of nitriles is 1. The van der Waals surface area contributed by atoms with Gasteiger partial charge in [-0.3, -0.25) is 20.6 Å². The van der Waals surface area contributed by atoms with Gasteiger partial charge in [-0.25, -0.2) is 0 Å². The third-order valence-electron chi connectivity index (χ3n) is 7.39. The average Bonchev–Trinajstić information content (AvgIpc) is 3.74. The summed E-state index contributed by atoms with van der Waals surface area (Å²) in [4.78, 5) is 3.38. The highest BCUT2D eigenvalue weighted by Crippen LogP contribution is 2.49. The molecule has 0 bridgehead atoms. The molecule has 0 aromatic carbocycles. The molecule has 2 saturated heterocycles. The second-order valence-electron chi connectivity index (χ2n) is 10.3. The van der Waals surface area contributed by atoms with E-state index in [1.165, 1.54) is 12.8 Å². The third kappa shape index (κ3) is 4.98. The number of aromatic nitrogens is 2. The maximum atomic E-state index is 9.50. The molecule has 3 heterocycles. The summed E-state index contributed by atoms with van der Waals surface area (Å²) in [7, 11) is 0. The van der Waals surface area contributed by atoms with E-state index in [9.17, 15) is 5.26 Å². The van der Waals surface area contributed by atoms with Crippen molar-refractivity contribution in [3.8, 4) is 6.07 Å². The number of ether oxygens (including phenoxy) is 1. The summed E-state index contributed by atoms with van der Waals surface area (Å²) in [5.41, 5.74) is 1.42. The van der Waals surface area contributed by atoms with E-state index in [2.05, 4.69) is 38.9 Å². The first-order valence-corrected chi connectivity index (χ1v) is 13.4. The van der Waals surface area contributed by atoms with Crippen molar-refractivity contribution in [2.45, 2.75) is 55.9 Å². The smallest absolute Gasteiger partial charge is 0.105 e. The molecule has 0 amide bonds. The lowest BCUT2D eigenvalue weighted by Gasteiger charge is -2.48. The number of piperidine rings is 1. The van der Waals surface area contributed by atoms with Crippen LogP contribution in [0.1, 0.15) is 51.0 Å². The van der Waals surface area contributed by atoms with E-state index in [-0.39, 0.29) is 15.6 Å². The second-order valence-corrected chi connectivity index (χ2v) is 12.2. The first-order chi connectivity index (χ1) is 16.4. The van der Waals surface area contributed by atoms with Crippen molar-refractivity contribution in [3.63, 3.8) is 0 Å². The fourth-order valence-electron chi connectivity index (χ4n) is 4.23. The van der Waals surface area contributed by atoms with E-state index < -0.39 is 5.41 Å². The number of rotatable bonds is 6. The fraction of sp³-hybridized carbons (Fsp3) is 0.583. The molecule has 0 unspecified atom stereocenters. The van der Waals surface area contributed by atoms with Crippen LogP contribution in [-0.2, 0) is 4.74 Å². The first-order valence-electron chi connectivity index (χ1n) is 11.8. The largest absolute Gasteiger partial charge is 0.380 e. The summed E-state index contributed by atoms with van der Waals surface area (Å²) in [6, 6.07) is 6.41. The van der Waals surface area contributed by atoms with Crippen molar-refractivity contribution in [1.29, 1.82) is 16.1 Å². The van der Waals surface area contributed by atoms with Crippen LogP contribution >= 0.6 is 23.7 Å². The minimum Gasteiger partial charge on any atom is -0.380 e. The maximum absolute atomic E-state index is 9.50.